The Morgan fingerprint density at radius 1 is 1.00 bits per heavy atom. The summed E-state index contributed by atoms with van der Waals surface area (Å²) in [6.45, 7) is 0.338. The van der Waals surface area contributed by atoms with Gasteiger partial charge >= 0.3 is 0 Å². The van der Waals surface area contributed by atoms with Gasteiger partial charge < -0.3 is 9.47 Å². The predicted molar refractivity (Wildman–Crippen MR) is 124 cm³/mol. The molecular weight excluding hydrogens is 432 g/mol. The summed E-state index contributed by atoms with van der Waals surface area (Å²) in [7, 11) is 3.88. The Labute approximate surface area is 195 Å². The minimum absolute atomic E-state index is 0.177. The van der Waals surface area contributed by atoms with Gasteiger partial charge in [-0.15, -0.1) is 0 Å². The number of imide groups is 1. The van der Waals surface area contributed by atoms with E-state index in [1.54, 1.807) is 11.2 Å². The molecule has 9 heteroatoms. The second-order valence-electron chi connectivity index (χ2n) is 8.86. The van der Waals surface area contributed by atoms with Crippen LogP contribution in [0.3, 0.4) is 0 Å². The zero-order valence-corrected chi connectivity index (χ0v) is 18.8. The van der Waals surface area contributed by atoms with Gasteiger partial charge in [0.25, 0.3) is 5.91 Å². The van der Waals surface area contributed by atoms with Crippen LogP contribution in [0.25, 0.3) is 33.4 Å². The lowest BCUT2D eigenvalue weighted by molar-refractivity contribution is -0.136. The van der Waals surface area contributed by atoms with Crippen molar-refractivity contribution in [2.45, 2.75) is 25.4 Å². The monoisotopic (exact) mass is 454 g/mol. The maximum absolute atomic E-state index is 13.0. The van der Waals surface area contributed by atoms with Crippen LogP contribution in [0.1, 0.15) is 28.8 Å². The van der Waals surface area contributed by atoms with Crippen LogP contribution < -0.4 is 5.32 Å². The van der Waals surface area contributed by atoms with Gasteiger partial charge in [-0.25, -0.2) is 4.98 Å². The summed E-state index contributed by atoms with van der Waals surface area (Å²) < 4.78 is 3.83. The Morgan fingerprint density at radius 2 is 1.82 bits per heavy atom. The number of carbonyl (C=O) groups excluding carboxylic acids is 3. The molecule has 34 heavy (non-hydrogen) atoms. The van der Waals surface area contributed by atoms with Crippen molar-refractivity contribution in [3.63, 3.8) is 0 Å². The molecule has 2 aromatic carbocycles. The molecule has 0 spiro atoms. The number of rotatable bonds is 3. The number of amides is 3. The molecule has 3 amide bonds. The normalized spacial score (nSPS) is 18.0. The highest BCUT2D eigenvalue weighted by Gasteiger charge is 2.39. The van der Waals surface area contributed by atoms with Crippen molar-refractivity contribution in [2.24, 2.45) is 14.1 Å². The first-order valence-corrected chi connectivity index (χ1v) is 11.1. The molecule has 0 radical (unpaired) electrons. The van der Waals surface area contributed by atoms with Crippen molar-refractivity contribution in [2.75, 3.05) is 0 Å². The van der Waals surface area contributed by atoms with E-state index >= 15 is 0 Å². The number of nitrogens with zero attached hydrogens (tertiary/aromatic N) is 5. The van der Waals surface area contributed by atoms with Gasteiger partial charge in [0.2, 0.25) is 11.8 Å². The summed E-state index contributed by atoms with van der Waals surface area (Å²) in [6.07, 6.45) is 4.21. The Kier molecular flexibility index (Phi) is 4.41. The second kappa shape index (κ2) is 7.38. The van der Waals surface area contributed by atoms with Gasteiger partial charge in [-0.1, -0.05) is 12.1 Å². The van der Waals surface area contributed by atoms with E-state index < -0.39 is 11.9 Å². The highest BCUT2D eigenvalue weighted by atomic mass is 16.2. The van der Waals surface area contributed by atoms with E-state index in [1.807, 2.05) is 59.9 Å². The fourth-order valence-electron chi connectivity index (χ4n) is 5.01. The molecule has 2 aliphatic rings. The third-order valence-corrected chi connectivity index (χ3v) is 6.77. The molecule has 2 aliphatic heterocycles. The predicted octanol–water partition coefficient (Wildman–Crippen LogP) is 2.40. The molecule has 170 valence electrons. The number of fused-ring (bicyclic) bond motifs is 2. The number of imidazole rings is 1. The number of hydrogen-bond donors (Lipinski definition) is 1. The highest BCUT2D eigenvalue weighted by Crippen LogP contribution is 2.36. The number of hydrogen-bond acceptors (Lipinski definition) is 5. The van der Waals surface area contributed by atoms with Crippen molar-refractivity contribution in [3.8, 4) is 22.4 Å². The maximum Gasteiger partial charge on any atom is 0.255 e. The van der Waals surface area contributed by atoms with Crippen LogP contribution >= 0.6 is 0 Å². The first kappa shape index (κ1) is 20.3. The van der Waals surface area contributed by atoms with Gasteiger partial charge in [0.1, 0.15) is 6.04 Å². The minimum Gasteiger partial charge on any atom is -0.334 e. The summed E-state index contributed by atoms with van der Waals surface area (Å²) in [4.78, 5) is 42.8. The third-order valence-electron chi connectivity index (χ3n) is 6.77. The van der Waals surface area contributed by atoms with Crippen LogP contribution in [0.2, 0.25) is 0 Å². The van der Waals surface area contributed by atoms with E-state index in [0.717, 1.165) is 39.0 Å². The molecule has 0 saturated carbocycles. The van der Waals surface area contributed by atoms with Crippen LogP contribution in [0.15, 0.2) is 48.9 Å². The van der Waals surface area contributed by atoms with E-state index in [9.17, 15) is 14.4 Å². The number of nitrogens with one attached hydrogen (secondary N) is 1. The number of carbonyl (C=O) groups is 3. The van der Waals surface area contributed by atoms with Crippen molar-refractivity contribution in [3.05, 3.63) is 60.0 Å². The van der Waals surface area contributed by atoms with Crippen LogP contribution in [-0.4, -0.2) is 48.0 Å². The van der Waals surface area contributed by atoms with Gasteiger partial charge in [-0.2, -0.15) is 5.10 Å². The Balaban J connectivity index is 1.37. The Morgan fingerprint density at radius 3 is 2.65 bits per heavy atom. The summed E-state index contributed by atoms with van der Waals surface area (Å²) >= 11 is 0. The lowest BCUT2D eigenvalue weighted by Crippen LogP contribution is -2.52. The van der Waals surface area contributed by atoms with Crippen LogP contribution in [0.4, 0.5) is 0 Å². The van der Waals surface area contributed by atoms with E-state index in [0.29, 0.717) is 18.5 Å². The quantitative estimate of drug-likeness (QED) is 0.479. The Bertz CT molecular complexity index is 1510. The van der Waals surface area contributed by atoms with Gasteiger partial charge in [0.05, 0.1) is 29.3 Å². The van der Waals surface area contributed by atoms with Gasteiger partial charge in [0.15, 0.2) is 0 Å². The molecule has 1 N–H and O–H groups in total. The average Bonchev–Trinajstić information content (AvgIpc) is 3.49. The lowest BCUT2D eigenvalue weighted by atomic mass is 9.98. The van der Waals surface area contributed by atoms with Crippen molar-refractivity contribution >= 4 is 28.8 Å². The van der Waals surface area contributed by atoms with Gasteiger partial charge in [-0.3, -0.25) is 24.4 Å². The minimum atomic E-state index is -0.624. The molecule has 9 nitrogen and oxygen atoms in total. The zero-order valence-electron chi connectivity index (χ0n) is 18.8. The molecule has 1 fully saturated rings. The summed E-state index contributed by atoms with van der Waals surface area (Å²) in [6, 6.07) is 11.3. The molecule has 1 unspecified atom stereocenters. The van der Waals surface area contributed by atoms with Gasteiger partial charge in [-0.05, 0) is 41.8 Å². The Hall–Kier alpha value is -4.27. The van der Waals surface area contributed by atoms with Crippen LogP contribution in [0, 0.1) is 0 Å². The fraction of sp³-hybridized carbons (Fsp3) is 0.240. The first-order valence-electron chi connectivity index (χ1n) is 11.1. The maximum atomic E-state index is 13.0. The van der Waals surface area contributed by atoms with E-state index in [4.69, 9.17) is 0 Å². The van der Waals surface area contributed by atoms with Gasteiger partial charge in [0, 0.05) is 43.8 Å². The third kappa shape index (κ3) is 3.04. The van der Waals surface area contributed by atoms with Crippen molar-refractivity contribution in [1.29, 1.82) is 0 Å². The molecule has 6 rings (SSSR count). The molecule has 4 heterocycles. The van der Waals surface area contributed by atoms with Crippen LogP contribution in [0.5, 0.6) is 0 Å². The average molecular weight is 454 g/mol. The SMILES string of the molecule is Cn1ncc(-c2ccc3c(c2)CN(C2CCC(=O)NC2=O)C3=O)c1-c1ccc2ncn(C)c2c1. The number of benzene rings is 2. The van der Waals surface area contributed by atoms with Crippen LogP contribution in [-0.2, 0) is 30.2 Å². The zero-order chi connectivity index (χ0) is 23.6. The molecular formula is C25H22N6O3. The molecule has 1 atom stereocenters. The lowest BCUT2D eigenvalue weighted by Gasteiger charge is -2.29. The summed E-state index contributed by atoms with van der Waals surface area (Å²) in [5, 5.41) is 6.85. The molecule has 4 aromatic rings. The fourth-order valence-corrected chi connectivity index (χ4v) is 5.01. The van der Waals surface area contributed by atoms with E-state index in [-0.39, 0.29) is 18.2 Å². The first-order chi connectivity index (χ1) is 16.4. The molecule has 2 aromatic heterocycles. The second-order valence-corrected chi connectivity index (χ2v) is 8.86. The number of piperidine rings is 1. The smallest absolute Gasteiger partial charge is 0.255 e. The van der Waals surface area contributed by atoms with Crippen molar-refractivity contribution in [1.82, 2.24) is 29.5 Å². The molecule has 0 aliphatic carbocycles. The molecule has 0 bridgehead atoms. The van der Waals surface area contributed by atoms with Crippen molar-refractivity contribution < 1.29 is 14.4 Å². The largest absolute Gasteiger partial charge is 0.334 e. The standard InChI is InChI=1S/C25H22N6O3/c1-29-13-26-19-6-4-15(10-21(19)29)23-18(11-27-30(23)2)14-3-5-17-16(9-14)12-31(25(17)34)20-7-8-22(32)28-24(20)33/h3-6,9-11,13,20H,7-8,12H2,1-2H3,(H,28,32,33). The highest BCUT2D eigenvalue weighted by molar-refractivity contribution is 6.05. The topological polar surface area (TPSA) is 102 Å². The van der Waals surface area contributed by atoms with E-state index in [2.05, 4.69) is 21.5 Å². The summed E-state index contributed by atoms with van der Waals surface area (Å²) in [5.74, 6) is -0.872. The van der Waals surface area contributed by atoms with E-state index in [1.165, 1.54) is 0 Å². The number of aromatic nitrogens is 4. The summed E-state index contributed by atoms with van der Waals surface area (Å²) in [5.41, 5.74) is 7.31. The molecule has 1 saturated heterocycles. The number of aryl methyl sites for hydroxylation is 2.